The fourth-order valence-electron chi connectivity index (χ4n) is 2.22. The number of aryl methyl sites for hydroxylation is 2. The van der Waals surface area contributed by atoms with Gasteiger partial charge in [-0.2, -0.15) is 0 Å². The van der Waals surface area contributed by atoms with Gasteiger partial charge in [0, 0.05) is 26.7 Å². The Kier molecular flexibility index (Phi) is 5.80. The number of hydrogen-bond acceptors (Lipinski definition) is 5. The largest absolute Gasteiger partial charge is 0.489 e. The molecular formula is C18H23N3O4. The van der Waals surface area contributed by atoms with E-state index in [0.717, 1.165) is 11.3 Å². The van der Waals surface area contributed by atoms with E-state index in [1.54, 1.807) is 45.4 Å². The summed E-state index contributed by atoms with van der Waals surface area (Å²) < 4.78 is 10.9. The monoisotopic (exact) mass is 345 g/mol. The van der Waals surface area contributed by atoms with E-state index in [1.165, 1.54) is 9.80 Å². The molecule has 1 aromatic heterocycles. The predicted octanol–water partition coefficient (Wildman–Crippen LogP) is 2.03. The molecule has 0 spiro atoms. The smallest absolute Gasteiger partial charge is 0.254 e. The van der Waals surface area contributed by atoms with Crippen LogP contribution in [-0.4, -0.2) is 54.5 Å². The maximum Gasteiger partial charge on any atom is 0.254 e. The zero-order valence-electron chi connectivity index (χ0n) is 15.2. The number of nitrogens with zero attached hydrogens (tertiary/aromatic N) is 3. The van der Waals surface area contributed by atoms with Gasteiger partial charge in [0.05, 0.1) is 17.8 Å². The van der Waals surface area contributed by atoms with E-state index >= 15 is 0 Å². The van der Waals surface area contributed by atoms with Gasteiger partial charge in [0.15, 0.2) is 0 Å². The van der Waals surface area contributed by atoms with Crippen molar-refractivity contribution in [2.24, 2.45) is 0 Å². The fraction of sp³-hybridized carbons (Fsp3) is 0.389. The second-order valence-electron chi connectivity index (χ2n) is 6.07. The van der Waals surface area contributed by atoms with Crippen molar-refractivity contribution in [3.05, 3.63) is 46.8 Å². The molecule has 0 saturated heterocycles. The van der Waals surface area contributed by atoms with Gasteiger partial charge in [0.2, 0.25) is 5.91 Å². The summed E-state index contributed by atoms with van der Waals surface area (Å²) in [4.78, 5) is 27.1. The lowest BCUT2D eigenvalue weighted by Crippen LogP contribution is -2.37. The van der Waals surface area contributed by atoms with Crippen molar-refractivity contribution in [3.8, 4) is 5.75 Å². The molecule has 2 rings (SSSR count). The predicted molar refractivity (Wildman–Crippen MR) is 92.4 cm³/mol. The normalized spacial score (nSPS) is 10.4. The minimum absolute atomic E-state index is 0.0238. The van der Waals surface area contributed by atoms with Gasteiger partial charge in [-0.3, -0.25) is 9.59 Å². The molecule has 2 aromatic rings. The molecule has 0 fully saturated rings. The van der Waals surface area contributed by atoms with E-state index < -0.39 is 0 Å². The molecule has 134 valence electrons. The molecule has 0 unspecified atom stereocenters. The molecule has 7 nitrogen and oxygen atoms in total. The first kappa shape index (κ1) is 18.5. The number of likely N-dealkylation sites (N-methyl/N-ethyl adjacent to an activating group) is 2. The van der Waals surface area contributed by atoms with Crippen LogP contribution in [0.2, 0.25) is 0 Å². The number of hydrogen-bond donors (Lipinski definition) is 0. The second-order valence-corrected chi connectivity index (χ2v) is 6.07. The van der Waals surface area contributed by atoms with Gasteiger partial charge in [-0.15, -0.1) is 0 Å². The number of carbonyl (C=O) groups excluding carboxylic acids is 2. The first-order valence-electron chi connectivity index (χ1n) is 7.89. The van der Waals surface area contributed by atoms with Crippen LogP contribution in [0.4, 0.5) is 0 Å². The van der Waals surface area contributed by atoms with E-state index in [2.05, 4.69) is 5.16 Å². The summed E-state index contributed by atoms with van der Waals surface area (Å²) in [6.45, 7) is 4.02. The first-order valence-corrected chi connectivity index (χ1v) is 7.89. The summed E-state index contributed by atoms with van der Waals surface area (Å²) >= 11 is 0. The Labute approximate surface area is 147 Å². The molecule has 1 heterocycles. The Morgan fingerprint density at radius 1 is 1.20 bits per heavy atom. The standard InChI is InChI=1S/C18H23N3O4/c1-12-16(13(2)25-19-12)11-24-15-8-6-7-14(9-15)18(23)21(5)10-17(22)20(3)4/h6-9H,10-11H2,1-5H3. The molecule has 0 aliphatic carbocycles. The van der Waals surface area contributed by atoms with Crippen LogP contribution in [-0.2, 0) is 11.4 Å². The lowest BCUT2D eigenvalue weighted by Gasteiger charge is -2.19. The van der Waals surface area contributed by atoms with Crippen molar-refractivity contribution in [1.82, 2.24) is 15.0 Å². The zero-order chi connectivity index (χ0) is 18.6. The number of aromatic nitrogens is 1. The highest BCUT2D eigenvalue weighted by molar-refractivity contribution is 5.96. The van der Waals surface area contributed by atoms with Crippen LogP contribution in [0.15, 0.2) is 28.8 Å². The topological polar surface area (TPSA) is 75.9 Å². The maximum atomic E-state index is 12.5. The summed E-state index contributed by atoms with van der Waals surface area (Å²) in [6.07, 6.45) is 0. The second kappa shape index (κ2) is 7.83. The van der Waals surface area contributed by atoms with Crippen LogP contribution >= 0.6 is 0 Å². The van der Waals surface area contributed by atoms with Crippen molar-refractivity contribution < 1.29 is 18.8 Å². The first-order chi connectivity index (χ1) is 11.8. The summed E-state index contributed by atoms with van der Waals surface area (Å²) in [5, 5.41) is 3.89. The van der Waals surface area contributed by atoms with Crippen LogP contribution in [0, 0.1) is 13.8 Å². The highest BCUT2D eigenvalue weighted by Gasteiger charge is 2.17. The number of ether oxygens (including phenoxy) is 1. The Hall–Kier alpha value is -2.83. The molecular weight excluding hydrogens is 322 g/mol. The molecule has 0 N–H and O–H groups in total. The minimum atomic E-state index is -0.238. The van der Waals surface area contributed by atoms with Crippen LogP contribution in [0.3, 0.4) is 0 Å². The SMILES string of the molecule is Cc1noc(C)c1COc1cccc(C(=O)N(C)CC(=O)N(C)C)c1. The van der Waals surface area contributed by atoms with Crippen molar-refractivity contribution >= 4 is 11.8 Å². The lowest BCUT2D eigenvalue weighted by molar-refractivity contribution is -0.129. The van der Waals surface area contributed by atoms with Crippen molar-refractivity contribution in [2.75, 3.05) is 27.7 Å². The van der Waals surface area contributed by atoms with E-state index in [-0.39, 0.29) is 18.4 Å². The molecule has 7 heteroatoms. The molecule has 0 radical (unpaired) electrons. The molecule has 0 aliphatic rings. The highest BCUT2D eigenvalue weighted by Crippen LogP contribution is 2.19. The summed E-state index contributed by atoms with van der Waals surface area (Å²) in [5.41, 5.74) is 2.14. The molecule has 0 atom stereocenters. The lowest BCUT2D eigenvalue weighted by atomic mass is 10.2. The number of carbonyl (C=O) groups is 2. The van der Waals surface area contributed by atoms with Crippen LogP contribution in [0.1, 0.15) is 27.4 Å². The van der Waals surface area contributed by atoms with Gasteiger partial charge >= 0.3 is 0 Å². The van der Waals surface area contributed by atoms with Gasteiger partial charge < -0.3 is 19.1 Å². The third kappa shape index (κ3) is 4.59. The van der Waals surface area contributed by atoms with Crippen LogP contribution in [0.25, 0.3) is 0 Å². The zero-order valence-corrected chi connectivity index (χ0v) is 15.2. The summed E-state index contributed by atoms with van der Waals surface area (Å²) in [5.74, 6) is 0.907. The maximum absolute atomic E-state index is 12.5. The average Bonchev–Trinajstić information content (AvgIpc) is 2.90. The van der Waals surface area contributed by atoms with Gasteiger partial charge in [-0.1, -0.05) is 11.2 Å². The fourth-order valence-corrected chi connectivity index (χ4v) is 2.22. The average molecular weight is 345 g/mol. The minimum Gasteiger partial charge on any atom is -0.489 e. The van der Waals surface area contributed by atoms with Crippen molar-refractivity contribution in [3.63, 3.8) is 0 Å². The Balaban J connectivity index is 2.05. The molecule has 0 bridgehead atoms. The van der Waals surface area contributed by atoms with E-state index in [4.69, 9.17) is 9.26 Å². The van der Waals surface area contributed by atoms with Gasteiger partial charge in [0.1, 0.15) is 18.1 Å². The number of amides is 2. The highest BCUT2D eigenvalue weighted by atomic mass is 16.5. The van der Waals surface area contributed by atoms with Gasteiger partial charge in [-0.05, 0) is 32.0 Å². The van der Waals surface area contributed by atoms with Crippen molar-refractivity contribution in [1.29, 1.82) is 0 Å². The summed E-state index contributed by atoms with van der Waals surface area (Å²) in [7, 11) is 4.91. The molecule has 2 amide bonds. The Morgan fingerprint density at radius 2 is 1.92 bits per heavy atom. The van der Waals surface area contributed by atoms with E-state index in [0.29, 0.717) is 23.7 Å². The quantitative estimate of drug-likeness (QED) is 0.801. The van der Waals surface area contributed by atoms with Gasteiger partial charge in [0.25, 0.3) is 5.91 Å². The molecule has 1 aromatic carbocycles. The Bertz CT molecular complexity index is 748. The van der Waals surface area contributed by atoms with Crippen LogP contribution in [0.5, 0.6) is 5.75 Å². The van der Waals surface area contributed by atoms with Crippen molar-refractivity contribution in [2.45, 2.75) is 20.5 Å². The van der Waals surface area contributed by atoms with Gasteiger partial charge in [-0.25, -0.2) is 0 Å². The number of rotatable bonds is 6. The third-order valence-corrected chi connectivity index (χ3v) is 3.86. The third-order valence-electron chi connectivity index (χ3n) is 3.86. The molecule has 25 heavy (non-hydrogen) atoms. The summed E-state index contributed by atoms with van der Waals surface area (Å²) in [6, 6.07) is 6.89. The van der Waals surface area contributed by atoms with E-state index in [9.17, 15) is 9.59 Å². The number of benzene rings is 1. The molecule has 0 aliphatic heterocycles. The molecule has 0 saturated carbocycles. The Morgan fingerprint density at radius 3 is 2.52 bits per heavy atom. The van der Waals surface area contributed by atoms with Crippen LogP contribution < -0.4 is 4.74 Å². The van der Waals surface area contributed by atoms with E-state index in [1.807, 2.05) is 13.8 Å².